The van der Waals surface area contributed by atoms with Gasteiger partial charge in [-0.05, 0) is 61.7 Å². The van der Waals surface area contributed by atoms with E-state index >= 15 is 0 Å². The Morgan fingerprint density at radius 3 is 2.78 bits per heavy atom. The average molecular weight is 363 g/mol. The van der Waals surface area contributed by atoms with Crippen molar-refractivity contribution in [3.8, 4) is 11.6 Å². The molecule has 1 fully saturated rings. The second-order valence-corrected chi connectivity index (χ2v) is 6.60. The van der Waals surface area contributed by atoms with Crippen LogP contribution in [0.1, 0.15) is 30.2 Å². The van der Waals surface area contributed by atoms with Crippen LogP contribution in [0.2, 0.25) is 0 Å². The Morgan fingerprint density at radius 2 is 2.07 bits per heavy atom. The van der Waals surface area contributed by atoms with Gasteiger partial charge >= 0.3 is 6.03 Å². The van der Waals surface area contributed by atoms with Crippen molar-refractivity contribution in [1.29, 1.82) is 0 Å². The summed E-state index contributed by atoms with van der Waals surface area (Å²) in [6, 6.07) is 14.7. The van der Waals surface area contributed by atoms with Gasteiger partial charge in [0, 0.05) is 24.5 Å². The molecular formula is C21H21N3O3. The maximum Gasteiger partial charge on any atom is 0.322 e. The van der Waals surface area contributed by atoms with Crippen molar-refractivity contribution in [3.05, 3.63) is 72.3 Å². The molecule has 1 atom stereocenters. The molecule has 0 spiro atoms. The van der Waals surface area contributed by atoms with Crippen molar-refractivity contribution in [2.45, 2.75) is 25.8 Å². The first kappa shape index (κ1) is 17.1. The van der Waals surface area contributed by atoms with Crippen LogP contribution in [0.25, 0.3) is 0 Å². The first-order valence-electron chi connectivity index (χ1n) is 9.01. The third-order valence-electron chi connectivity index (χ3n) is 4.60. The van der Waals surface area contributed by atoms with Crippen molar-refractivity contribution >= 4 is 11.7 Å². The molecule has 0 saturated carbocycles. The minimum atomic E-state index is -0.122. The van der Waals surface area contributed by atoms with Gasteiger partial charge in [0.25, 0.3) is 0 Å². The van der Waals surface area contributed by atoms with E-state index in [1.54, 1.807) is 12.5 Å². The van der Waals surface area contributed by atoms with Gasteiger partial charge in [0.2, 0.25) is 5.88 Å². The van der Waals surface area contributed by atoms with Crippen molar-refractivity contribution in [2.24, 2.45) is 0 Å². The fourth-order valence-corrected chi connectivity index (χ4v) is 3.22. The average Bonchev–Trinajstić information content (AvgIpc) is 3.36. The van der Waals surface area contributed by atoms with E-state index < -0.39 is 0 Å². The van der Waals surface area contributed by atoms with Gasteiger partial charge < -0.3 is 19.4 Å². The van der Waals surface area contributed by atoms with Gasteiger partial charge in [0.05, 0.1) is 12.3 Å². The predicted octanol–water partition coefficient (Wildman–Crippen LogP) is 5.14. The van der Waals surface area contributed by atoms with Crippen LogP contribution in [0.15, 0.2) is 65.4 Å². The number of amides is 2. The summed E-state index contributed by atoms with van der Waals surface area (Å²) in [4.78, 5) is 18.7. The van der Waals surface area contributed by atoms with Gasteiger partial charge in [-0.2, -0.15) is 0 Å². The number of urea groups is 1. The maximum absolute atomic E-state index is 12.7. The lowest BCUT2D eigenvalue weighted by Gasteiger charge is -2.23. The normalized spacial score (nSPS) is 16.3. The van der Waals surface area contributed by atoms with E-state index in [9.17, 15) is 4.79 Å². The number of ether oxygens (including phenoxy) is 1. The molecule has 6 nitrogen and oxygen atoms in total. The van der Waals surface area contributed by atoms with Crippen molar-refractivity contribution in [1.82, 2.24) is 9.88 Å². The van der Waals surface area contributed by atoms with E-state index in [1.807, 2.05) is 60.4 Å². The molecule has 2 amide bonds. The number of nitrogens with zero attached hydrogens (tertiary/aromatic N) is 2. The summed E-state index contributed by atoms with van der Waals surface area (Å²) in [5.74, 6) is 2.03. The minimum absolute atomic E-state index is 0.00443. The number of pyridine rings is 1. The monoisotopic (exact) mass is 363 g/mol. The zero-order chi connectivity index (χ0) is 18.6. The molecule has 1 saturated heterocycles. The fourth-order valence-electron chi connectivity index (χ4n) is 3.22. The molecule has 138 valence electrons. The summed E-state index contributed by atoms with van der Waals surface area (Å²) >= 11 is 0. The molecule has 0 radical (unpaired) electrons. The molecule has 27 heavy (non-hydrogen) atoms. The molecular weight excluding hydrogens is 342 g/mol. The van der Waals surface area contributed by atoms with Crippen LogP contribution in [0.3, 0.4) is 0 Å². The third kappa shape index (κ3) is 3.95. The molecule has 1 N–H and O–H groups in total. The number of likely N-dealkylation sites (tertiary alicyclic amines) is 1. The standard InChI is InChI=1S/C21H21N3O3/c1-15-6-11-20(22-14-15)27-17-9-7-16(8-10-17)23-21(25)24-12-2-4-18(24)19-5-3-13-26-19/h3,5-11,13-14,18H,2,4,12H2,1H3,(H,23,25). The highest BCUT2D eigenvalue weighted by molar-refractivity contribution is 5.89. The minimum Gasteiger partial charge on any atom is -0.467 e. The number of aromatic nitrogens is 1. The van der Waals surface area contributed by atoms with Gasteiger partial charge in [-0.1, -0.05) is 6.07 Å². The van der Waals surface area contributed by atoms with Crippen LogP contribution >= 0.6 is 0 Å². The summed E-state index contributed by atoms with van der Waals surface area (Å²) in [6.07, 6.45) is 5.28. The van der Waals surface area contributed by atoms with Crippen LogP contribution in [0.5, 0.6) is 11.6 Å². The number of nitrogens with one attached hydrogen (secondary N) is 1. The highest BCUT2D eigenvalue weighted by Gasteiger charge is 2.31. The van der Waals surface area contributed by atoms with Crippen LogP contribution in [0, 0.1) is 6.92 Å². The number of aryl methyl sites for hydroxylation is 1. The van der Waals surface area contributed by atoms with Crippen LogP contribution in [-0.2, 0) is 0 Å². The van der Waals surface area contributed by atoms with E-state index in [4.69, 9.17) is 9.15 Å². The molecule has 1 aliphatic rings. The maximum atomic E-state index is 12.7. The Balaban J connectivity index is 1.39. The molecule has 1 unspecified atom stereocenters. The number of benzene rings is 1. The fraction of sp³-hybridized carbons (Fsp3) is 0.238. The lowest BCUT2D eigenvalue weighted by Crippen LogP contribution is -2.34. The van der Waals surface area contributed by atoms with Crippen molar-refractivity contribution in [3.63, 3.8) is 0 Å². The lowest BCUT2D eigenvalue weighted by atomic mass is 10.2. The van der Waals surface area contributed by atoms with E-state index in [1.165, 1.54) is 0 Å². The molecule has 0 aliphatic carbocycles. The van der Waals surface area contributed by atoms with E-state index in [0.717, 1.165) is 30.7 Å². The molecule has 6 heteroatoms. The topological polar surface area (TPSA) is 67.6 Å². The van der Waals surface area contributed by atoms with Crippen LogP contribution in [-0.4, -0.2) is 22.5 Å². The second kappa shape index (κ2) is 7.53. The molecule has 1 aliphatic heterocycles. The number of furan rings is 1. The van der Waals surface area contributed by atoms with Gasteiger partial charge in [-0.3, -0.25) is 0 Å². The Bertz CT molecular complexity index is 889. The summed E-state index contributed by atoms with van der Waals surface area (Å²) in [6.45, 7) is 2.70. The molecule has 4 rings (SSSR count). The molecule has 2 aromatic heterocycles. The highest BCUT2D eigenvalue weighted by atomic mass is 16.5. The van der Waals surface area contributed by atoms with E-state index in [-0.39, 0.29) is 12.1 Å². The largest absolute Gasteiger partial charge is 0.467 e. The first-order chi connectivity index (χ1) is 13.2. The highest BCUT2D eigenvalue weighted by Crippen LogP contribution is 2.32. The number of rotatable bonds is 4. The Morgan fingerprint density at radius 1 is 1.22 bits per heavy atom. The summed E-state index contributed by atoms with van der Waals surface area (Å²) < 4.78 is 11.2. The number of hydrogen-bond donors (Lipinski definition) is 1. The Kier molecular flexibility index (Phi) is 4.78. The quantitative estimate of drug-likeness (QED) is 0.696. The predicted molar refractivity (Wildman–Crippen MR) is 102 cm³/mol. The SMILES string of the molecule is Cc1ccc(Oc2ccc(NC(=O)N3CCCC3c3ccco3)cc2)nc1. The van der Waals surface area contributed by atoms with E-state index in [0.29, 0.717) is 17.3 Å². The Hall–Kier alpha value is -3.28. The van der Waals surface area contributed by atoms with Gasteiger partial charge in [-0.25, -0.2) is 9.78 Å². The molecule has 3 aromatic rings. The smallest absolute Gasteiger partial charge is 0.322 e. The summed E-state index contributed by atoms with van der Waals surface area (Å²) in [7, 11) is 0. The molecule has 1 aromatic carbocycles. The van der Waals surface area contributed by atoms with Crippen molar-refractivity contribution in [2.75, 3.05) is 11.9 Å². The second-order valence-electron chi connectivity index (χ2n) is 6.60. The van der Waals surface area contributed by atoms with Gasteiger partial charge in [-0.15, -0.1) is 0 Å². The number of carbonyl (C=O) groups excluding carboxylic acids is 1. The summed E-state index contributed by atoms with van der Waals surface area (Å²) in [5.41, 5.74) is 1.80. The van der Waals surface area contributed by atoms with Crippen LogP contribution < -0.4 is 10.1 Å². The van der Waals surface area contributed by atoms with E-state index in [2.05, 4.69) is 10.3 Å². The lowest BCUT2D eigenvalue weighted by molar-refractivity contribution is 0.200. The first-order valence-corrected chi connectivity index (χ1v) is 9.01. The van der Waals surface area contributed by atoms with Crippen LogP contribution in [0.4, 0.5) is 10.5 Å². The zero-order valence-corrected chi connectivity index (χ0v) is 15.1. The number of carbonyl (C=O) groups is 1. The molecule has 0 bridgehead atoms. The zero-order valence-electron chi connectivity index (χ0n) is 15.1. The number of anilines is 1. The van der Waals surface area contributed by atoms with Gasteiger partial charge in [0.15, 0.2) is 0 Å². The molecule has 3 heterocycles. The third-order valence-corrected chi connectivity index (χ3v) is 4.60. The van der Waals surface area contributed by atoms with Crippen molar-refractivity contribution < 1.29 is 13.9 Å². The number of hydrogen-bond acceptors (Lipinski definition) is 4. The summed E-state index contributed by atoms with van der Waals surface area (Å²) in [5, 5.41) is 2.95. The van der Waals surface area contributed by atoms with Gasteiger partial charge in [0.1, 0.15) is 11.5 Å². The Labute approximate surface area is 157 Å².